The summed E-state index contributed by atoms with van der Waals surface area (Å²) in [6.45, 7) is 0.519. The molecule has 0 aliphatic rings. The second kappa shape index (κ2) is 9.67. The summed E-state index contributed by atoms with van der Waals surface area (Å²) in [6, 6.07) is 7.44. The van der Waals surface area contributed by atoms with Gasteiger partial charge in [0.2, 0.25) is 5.91 Å². The van der Waals surface area contributed by atoms with Gasteiger partial charge in [-0.3, -0.25) is 4.79 Å². The number of nitrogens with two attached hydrogens (primary N) is 1. The number of amides is 1. The predicted molar refractivity (Wildman–Crippen MR) is 84.2 cm³/mol. The number of carbonyl (C=O) groups is 1. The Morgan fingerprint density at radius 2 is 2.28 bits per heavy atom. The van der Waals surface area contributed by atoms with Gasteiger partial charge in [0.05, 0.1) is 6.04 Å². The van der Waals surface area contributed by atoms with Crippen LogP contribution in [0.3, 0.4) is 0 Å². The van der Waals surface area contributed by atoms with E-state index in [1.165, 1.54) is 0 Å². The van der Waals surface area contributed by atoms with E-state index in [9.17, 15) is 4.79 Å². The molecule has 0 aliphatic carbocycles. The van der Waals surface area contributed by atoms with Crippen LogP contribution in [0.25, 0.3) is 0 Å². The van der Waals surface area contributed by atoms with E-state index in [1.807, 2.05) is 30.5 Å². The van der Waals surface area contributed by atoms with E-state index in [1.54, 1.807) is 11.8 Å². The van der Waals surface area contributed by atoms with Crippen LogP contribution in [0.1, 0.15) is 12.0 Å². The summed E-state index contributed by atoms with van der Waals surface area (Å²) in [5.41, 5.74) is 6.82. The molecule has 1 atom stereocenters. The minimum absolute atomic E-state index is 0. The van der Waals surface area contributed by atoms with E-state index in [4.69, 9.17) is 5.73 Å². The molecule has 3 N–H and O–H groups in total. The van der Waals surface area contributed by atoms with Crippen LogP contribution in [0, 0.1) is 0 Å². The Hall–Kier alpha value is -0.230. The number of rotatable bonds is 6. The zero-order chi connectivity index (χ0) is 12.7. The van der Waals surface area contributed by atoms with E-state index in [0.29, 0.717) is 13.0 Å². The van der Waals surface area contributed by atoms with Crippen LogP contribution in [0.15, 0.2) is 28.7 Å². The number of hydrogen-bond donors (Lipinski definition) is 2. The summed E-state index contributed by atoms with van der Waals surface area (Å²) in [5.74, 6) is 0.824. The number of thioether (sulfide) groups is 1. The van der Waals surface area contributed by atoms with Crippen molar-refractivity contribution < 1.29 is 4.79 Å². The minimum Gasteiger partial charge on any atom is -0.351 e. The van der Waals surface area contributed by atoms with Gasteiger partial charge in [-0.2, -0.15) is 11.8 Å². The van der Waals surface area contributed by atoms with E-state index < -0.39 is 6.04 Å². The molecule has 0 radical (unpaired) electrons. The average molecular weight is 354 g/mol. The summed E-state index contributed by atoms with van der Waals surface area (Å²) >= 11 is 5.09. The van der Waals surface area contributed by atoms with Gasteiger partial charge in [0.15, 0.2) is 0 Å². The molecule has 3 nitrogen and oxygen atoms in total. The lowest BCUT2D eigenvalue weighted by molar-refractivity contribution is -0.122. The maximum Gasteiger partial charge on any atom is 0.237 e. The highest BCUT2D eigenvalue weighted by Gasteiger charge is 2.11. The normalized spacial score (nSPS) is 11.5. The van der Waals surface area contributed by atoms with Gasteiger partial charge < -0.3 is 11.1 Å². The van der Waals surface area contributed by atoms with Crippen LogP contribution in [0.4, 0.5) is 0 Å². The van der Waals surface area contributed by atoms with E-state index in [0.717, 1.165) is 15.8 Å². The Morgan fingerprint density at radius 3 is 2.89 bits per heavy atom. The van der Waals surface area contributed by atoms with Crippen molar-refractivity contribution in [3.63, 3.8) is 0 Å². The molecule has 1 aromatic rings. The molecule has 0 saturated carbocycles. The molecule has 0 aromatic heterocycles. The maximum absolute atomic E-state index is 11.7. The number of hydrogen-bond acceptors (Lipinski definition) is 3. The Balaban J connectivity index is 0.00000289. The number of carbonyl (C=O) groups excluding carboxylic acids is 1. The summed E-state index contributed by atoms with van der Waals surface area (Å²) < 4.78 is 1.01. The van der Waals surface area contributed by atoms with E-state index in [2.05, 4.69) is 21.2 Å². The molecule has 0 heterocycles. The van der Waals surface area contributed by atoms with Gasteiger partial charge in [-0.15, -0.1) is 12.4 Å². The van der Waals surface area contributed by atoms with E-state index >= 15 is 0 Å². The molecule has 0 fully saturated rings. The molecule has 102 valence electrons. The summed E-state index contributed by atoms with van der Waals surface area (Å²) in [7, 11) is 0. The first-order chi connectivity index (χ1) is 8.13. The highest BCUT2D eigenvalue weighted by molar-refractivity contribution is 9.10. The summed E-state index contributed by atoms with van der Waals surface area (Å²) in [5, 5.41) is 2.84. The van der Waals surface area contributed by atoms with Crippen LogP contribution >= 0.6 is 40.1 Å². The van der Waals surface area contributed by atoms with Crippen molar-refractivity contribution in [1.82, 2.24) is 5.32 Å². The highest BCUT2D eigenvalue weighted by Crippen LogP contribution is 2.11. The lowest BCUT2D eigenvalue weighted by Gasteiger charge is -2.11. The van der Waals surface area contributed by atoms with Crippen LogP contribution in [0.2, 0.25) is 0 Å². The third kappa shape index (κ3) is 6.64. The molecule has 0 bridgehead atoms. The van der Waals surface area contributed by atoms with Gasteiger partial charge in [-0.1, -0.05) is 28.1 Å². The third-order valence-corrected chi connectivity index (χ3v) is 3.46. The van der Waals surface area contributed by atoms with E-state index in [-0.39, 0.29) is 18.3 Å². The molecular weight excluding hydrogens is 336 g/mol. The fourth-order valence-corrected chi connectivity index (χ4v) is 2.28. The van der Waals surface area contributed by atoms with Gasteiger partial charge in [0, 0.05) is 11.0 Å². The zero-order valence-electron chi connectivity index (χ0n) is 10.2. The predicted octanol–water partition coefficient (Wildman–Crippen LogP) is 2.57. The largest absolute Gasteiger partial charge is 0.351 e. The molecule has 1 rings (SSSR count). The molecule has 1 aromatic carbocycles. The van der Waals surface area contributed by atoms with Crippen LogP contribution < -0.4 is 11.1 Å². The van der Waals surface area contributed by atoms with Crippen molar-refractivity contribution in [2.24, 2.45) is 5.73 Å². The fourth-order valence-electron chi connectivity index (χ4n) is 1.34. The number of nitrogens with one attached hydrogen (secondary N) is 1. The molecule has 6 heteroatoms. The van der Waals surface area contributed by atoms with Crippen molar-refractivity contribution in [3.05, 3.63) is 34.3 Å². The standard InChI is InChI=1S/C12H17BrN2OS.ClH/c1-17-6-5-11(14)12(16)15-8-9-3-2-4-10(13)7-9;/h2-4,7,11H,5-6,8,14H2,1H3,(H,15,16);1H/t11-;/m0./s1. The second-order valence-electron chi connectivity index (χ2n) is 3.74. The molecule has 1 amide bonds. The molecule has 0 spiro atoms. The lowest BCUT2D eigenvalue weighted by atomic mass is 10.2. The molecule has 0 aliphatic heterocycles. The SMILES string of the molecule is CSCC[C@H](N)C(=O)NCc1cccc(Br)c1.Cl. The Kier molecular flexibility index (Phi) is 9.54. The van der Waals surface area contributed by atoms with Gasteiger partial charge in [-0.05, 0) is 36.1 Å². The second-order valence-corrected chi connectivity index (χ2v) is 5.64. The third-order valence-electron chi connectivity index (χ3n) is 2.33. The highest BCUT2D eigenvalue weighted by atomic mass is 79.9. The molecule has 0 unspecified atom stereocenters. The minimum atomic E-state index is -0.408. The quantitative estimate of drug-likeness (QED) is 0.826. The summed E-state index contributed by atoms with van der Waals surface area (Å²) in [4.78, 5) is 11.7. The van der Waals surface area contributed by atoms with Crippen molar-refractivity contribution in [1.29, 1.82) is 0 Å². The monoisotopic (exact) mass is 352 g/mol. The molecule has 18 heavy (non-hydrogen) atoms. The smallest absolute Gasteiger partial charge is 0.237 e. The Labute approximate surface area is 127 Å². The Bertz CT molecular complexity index is 379. The topological polar surface area (TPSA) is 55.1 Å². The fraction of sp³-hybridized carbons (Fsp3) is 0.417. The van der Waals surface area contributed by atoms with Crippen molar-refractivity contribution in [2.45, 2.75) is 19.0 Å². The first kappa shape index (κ1) is 17.8. The molecule has 0 saturated heterocycles. The van der Waals surface area contributed by atoms with Crippen LogP contribution in [0.5, 0.6) is 0 Å². The molecular formula is C12H18BrClN2OS. The van der Waals surface area contributed by atoms with Crippen molar-refractivity contribution >= 4 is 46.0 Å². The van der Waals surface area contributed by atoms with Gasteiger partial charge in [-0.25, -0.2) is 0 Å². The van der Waals surface area contributed by atoms with Gasteiger partial charge in [0.25, 0.3) is 0 Å². The maximum atomic E-state index is 11.7. The van der Waals surface area contributed by atoms with Crippen molar-refractivity contribution in [3.8, 4) is 0 Å². The lowest BCUT2D eigenvalue weighted by Crippen LogP contribution is -2.40. The Morgan fingerprint density at radius 1 is 1.56 bits per heavy atom. The van der Waals surface area contributed by atoms with Gasteiger partial charge >= 0.3 is 0 Å². The first-order valence-electron chi connectivity index (χ1n) is 5.40. The van der Waals surface area contributed by atoms with Gasteiger partial charge in [0.1, 0.15) is 0 Å². The summed E-state index contributed by atoms with van der Waals surface area (Å²) in [6.07, 6.45) is 2.72. The van der Waals surface area contributed by atoms with Crippen LogP contribution in [-0.4, -0.2) is 24.0 Å². The van der Waals surface area contributed by atoms with Crippen LogP contribution in [-0.2, 0) is 11.3 Å². The van der Waals surface area contributed by atoms with Crippen molar-refractivity contribution in [2.75, 3.05) is 12.0 Å². The first-order valence-corrected chi connectivity index (χ1v) is 7.59. The zero-order valence-corrected chi connectivity index (χ0v) is 13.4. The number of halogens is 2. The average Bonchev–Trinajstić information content (AvgIpc) is 2.33. The number of benzene rings is 1.